The van der Waals surface area contributed by atoms with Gasteiger partial charge in [0.05, 0.1) is 11.6 Å². The average Bonchev–Trinajstić information content (AvgIpc) is 2.96. The zero-order valence-electron chi connectivity index (χ0n) is 15.6. The molecule has 7 heteroatoms. The second kappa shape index (κ2) is 8.14. The molecule has 4 rings (SSSR count). The number of hydrogen-bond donors (Lipinski definition) is 1. The number of nitrogens with zero attached hydrogens (tertiary/aromatic N) is 3. The summed E-state index contributed by atoms with van der Waals surface area (Å²) in [5, 5.41) is 11.7. The molecular weight excluding hydrogens is 420 g/mol. The molecule has 0 saturated carbocycles. The summed E-state index contributed by atoms with van der Waals surface area (Å²) in [6.45, 7) is 0.939. The number of methoxy groups -OCH3 is 1. The van der Waals surface area contributed by atoms with E-state index in [9.17, 15) is 4.79 Å². The fraction of sp³-hybridized carbons (Fsp3) is 0.286. The molecule has 1 N–H and O–H groups in total. The monoisotopic (exact) mass is 440 g/mol. The highest BCUT2D eigenvalue weighted by Gasteiger charge is 2.16. The maximum absolute atomic E-state index is 12.6. The van der Waals surface area contributed by atoms with Crippen LogP contribution in [0.3, 0.4) is 0 Å². The number of benzene rings is 2. The molecule has 0 unspecified atom stereocenters. The molecule has 0 spiro atoms. The van der Waals surface area contributed by atoms with Crippen molar-refractivity contribution in [2.45, 2.75) is 32.2 Å². The third-order valence-electron chi connectivity index (χ3n) is 4.90. The molecule has 1 aliphatic heterocycles. The van der Waals surface area contributed by atoms with Crippen LogP contribution < -0.4 is 10.1 Å². The summed E-state index contributed by atoms with van der Waals surface area (Å²) in [7, 11) is 1.59. The number of aryl methyl sites for hydroxylation is 1. The molecule has 2 heterocycles. The van der Waals surface area contributed by atoms with E-state index in [1.165, 1.54) is 6.42 Å². The largest absolute Gasteiger partial charge is 0.496 e. The van der Waals surface area contributed by atoms with Gasteiger partial charge in [0.2, 0.25) is 0 Å². The lowest BCUT2D eigenvalue weighted by Gasteiger charge is -2.10. The molecule has 144 valence electrons. The Balaban J connectivity index is 1.57. The first kappa shape index (κ1) is 18.7. The highest BCUT2D eigenvalue weighted by Crippen LogP contribution is 2.27. The van der Waals surface area contributed by atoms with Crippen molar-refractivity contribution in [3.05, 3.63) is 58.3 Å². The van der Waals surface area contributed by atoms with Crippen molar-refractivity contribution >= 4 is 27.5 Å². The lowest BCUT2D eigenvalue weighted by molar-refractivity contribution is 0.102. The van der Waals surface area contributed by atoms with Crippen molar-refractivity contribution in [1.29, 1.82) is 0 Å². The summed E-state index contributed by atoms with van der Waals surface area (Å²) >= 11 is 3.42. The molecule has 0 radical (unpaired) electrons. The van der Waals surface area contributed by atoms with Crippen molar-refractivity contribution in [3.8, 4) is 17.1 Å². The molecule has 0 aliphatic carbocycles. The van der Waals surface area contributed by atoms with Gasteiger partial charge in [0, 0.05) is 29.8 Å². The van der Waals surface area contributed by atoms with Crippen LogP contribution in [-0.4, -0.2) is 27.8 Å². The second-order valence-corrected chi connectivity index (χ2v) is 7.64. The fourth-order valence-electron chi connectivity index (χ4n) is 3.45. The first-order chi connectivity index (χ1) is 13.7. The molecule has 1 aliphatic rings. The minimum atomic E-state index is -0.180. The molecule has 1 aromatic heterocycles. The quantitative estimate of drug-likeness (QED) is 0.638. The minimum absolute atomic E-state index is 0.180. The Labute approximate surface area is 172 Å². The van der Waals surface area contributed by atoms with Crippen LogP contribution in [0.2, 0.25) is 0 Å². The van der Waals surface area contributed by atoms with Crippen molar-refractivity contribution in [2.24, 2.45) is 0 Å². The van der Waals surface area contributed by atoms with Crippen molar-refractivity contribution in [1.82, 2.24) is 14.8 Å². The Morgan fingerprint density at radius 3 is 2.86 bits per heavy atom. The Morgan fingerprint density at radius 1 is 1.14 bits per heavy atom. The smallest absolute Gasteiger partial charge is 0.255 e. The number of ether oxygens (including phenoxy) is 1. The molecule has 0 atom stereocenters. The average molecular weight is 441 g/mol. The summed E-state index contributed by atoms with van der Waals surface area (Å²) in [5.74, 6) is 2.41. The number of hydrogen-bond acceptors (Lipinski definition) is 4. The van der Waals surface area contributed by atoms with E-state index in [-0.39, 0.29) is 5.91 Å². The third kappa shape index (κ3) is 3.80. The molecule has 0 saturated heterocycles. The Hall–Kier alpha value is -2.67. The Kier molecular flexibility index (Phi) is 5.43. The van der Waals surface area contributed by atoms with E-state index in [0.29, 0.717) is 11.3 Å². The molecule has 1 amide bonds. The topological polar surface area (TPSA) is 69.0 Å². The summed E-state index contributed by atoms with van der Waals surface area (Å²) in [6.07, 6.45) is 4.48. The number of nitrogens with one attached hydrogen (secondary N) is 1. The highest BCUT2D eigenvalue weighted by atomic mass is 79.9. The van der Waals surface area contributed by atoms with Crippen LogP contribution in [0, 0.1) is 0 Å². The van der Waals surface area contributed by atoms with Gasteiger partial charge in [-0.15, -0.1) is 10.2 Å². The number of fused-ring (bicyclic) bond motifs is 1. The molecule has 2 aromatic carbocycles. The zero-order chi connectivity index (χ0) is 19.5. The van der Waals surface area contributed by atoms with Crippen LogP contribution in [0.1, 0.15) is 35.4 Å². The molecule has 6 nitrogen and oxygen atoms in total. The van der Waals surface area contributed by atoms with Crippen molar-refractivity contribution < 1.29 is 9.53 Å². The van der Waals surface area contributed by atoms with E-state index >= 15 is 0 Å². The molecular formula is C21H21BrN4O2. The first-order valence-corrected chi connectivity index (χ1v) is 10.1. The number of aromatic nitrogens is 3. The zero-order valence-corrected chi connectivity index (χ0v) is 17.2. The third-order valence-corrected chi connectivity index (χ3v) is 5.52. The standard InChI is InChI=1S/C21H21BrN4O2/c1-28-18-10-9-15(13-17(18)22)21(27)23-16-7-5-6-14(12-16)20-25-24-19-8-3-2-4-11-26(19)20/h5-7,9-10,12-13H,2-4,8,11H2,1H3,(H,23,27). The van der Waals surface area contributed by atoms with Gasteiger partial charge >= 0.3 is 0 Å². The predicted molar refractivity (Wildman–Crippen MR) is 112 cm³/mol. The Bertz CT molecular complexity index is 1020. The van der Waals surface area contributed by atoms with Crippen LogP contribution in [-0.2, 0) is 13.0 Å². The lowest BCUT2D eigenvalue weighted by Crippen LogP contribution is -2.12. The summed E-state index contributed by atoms with van der Waals surface area (Å²) < 4.78 is 8.16. The van der Waals surface area contributed by atoms with Gasteiger partial charge in [-0.1, -0.05) is 18.6 Å². The van der Waals surface area contributed by atoms with Crippen LogP contribution >= 0.6 is 15.9 Å². The summed E-state index contributed by atoms with van der Waals surface area (Å²) in [4.78, 5) is 12.6. The van der Waals surface area contributed by atoms with Crippen molar-refractivity contribution in [3.63, 3.8) is 0 Å². The number of anilines is 1. The predicted octanol–water partition coefficient (Wildman–Crippen LogP) is 4.69. The molecule has 28 heavy (non-hydrogen) atoms. The minimum Gasteiger partial charge on any atom is -0.496 e. The van der Waals surface area contributed by atoms with E-state index in [1.807, 2.05) is 24.3 Å². The van der Waals surface area contributed by atoms with Gasteiger partial charge in [-0.05, 0) is 59.1 Å². The normalized spacial score (nSPS) is 13.5. The number of amides is 1. The fourth-order valence-corrected chi connectivity index (χ4v) is 3.99. The van der Waals surface area contributed by atoms with E-state index < -0.39 is 0 Å². The number of halogens is 1. The van der Waals surface area contributed by atoms with Crippen molar-refractivity contribution in [2.75, 3.05) is 12.4 Å². The van der Waals surface area contributed by atoms with Crippen LogP contribution in [0.4, 0.5) is 5.69 Å². The number of rotatable bonds is 4. The number of carbonyl (C=O) groups is 1. The van der Waals surface area contributed by atoms with E-state index in [0.717, 1.165) is 53.2 Å². The van der Waals surface area contributed by atoms with Gasteiger partial charge in [0.25, 0.3) is 5.91 Å². The molecule has 0 bridgehead atoms. The SMILES string of the molecule is COc1ccc(C(=O)Nc2cccc(-c3nnc4n3CCCCC4)c2)cc1Br. The van der Waals surface area contributed by atoms with Gasteiger partial charge in [-0.3, -0.25) is 4.79 Å². The maximum Gasteiger partial charge on any atom is 0.255 e. The summed E-state index contributed by atoms with van der Waals surface area (Å²) in [5.41, 5.74) is 2.23. The second-order valence-electron chi connectivity index (χ2n) is 6.79. The van der Waals surface area contributed by atoms with Gasteiger partial charge in [-0.25, -0.2) is 0 Å². The van der Waals surface area contributed by atoms with E-state index in [4.69, 9.17) is 4.74 Å². The molecule has 0 fully saturated rings. The highest BCUT2D eigenvalue weighted by molar-refractivity contribution is 9.10. The van der Waals surface area contributed by atoms with Crippen LogP contribution in [0.15, 0.2) is 46.9 Å². The lowest BCUT2D eigenvalue weighted by atomic mass is 10.1. The van der Waals surface area contributed by atoms with Crippen LogP contribution in [0.25, 0.3) is 11.4 Å². The van der Waals surface area contributed by atoms with Gasteiger partial charge < -0.3 is 14.6 Å². The van der Waals surface area contributed by atoms with E-state index in [1.54, 1.807) is 25.3 Å². The maximum atomic E-state index is 12.6. The van der Waals surface area contributed by atoms with Crippen LogP contribution in [0.5, 0.6) is 5.75 Å². The first-order valence-electron chi connectivity index (χ1n) is 9.33. The van der Waals surface area contributed by atoms with E-state index in [2.05, 4.69) is 36.0 Å². The molecule has 3 aromatic rings. The van der Waals surface area contributed by atoms with Gasteiger partial charge in [0.15, 0.2) is 5.82 Å². The number of carbonyl (C=O) groups excluding carboxylic acids is 1. The van der Waals surface area contributed by atoms with Gasteiger partial charge in [-0.2, -0.15) is 0 Å². The Morgan fingerprint density at radius 2 is 2.04 bits per heavy atom. The summed E-state index contributed by atoms with van der Waals surface area (Å²) in [6, 6.07) is 13.0. The van der Waals surface area contributed by atoms with Gasteiger partial charge in [0.1, 0.15) is 11.6 Å².